The van der Waals surface area contributed by atoms with Gasteiger partial charge in [-0.3, -0.25) is 4.90 Å². The Kier molecular flexibility index (Phi) is 42.3. The first kappa shape index (κ1) is 94.6. The smallest absolute Gasteiger partial charge is 0.276 e. The second-order valence-electron chi connectivity index (χ2n) is 23.3. The largest absolute Gasteiger partial charge is 0.381 e. The van der Waals surface area contributed by atoms with Crippen molar-refractivity contribution >= 4 is 150 Å². The average Bonchev–Trinajstić information content (AvgIpc) is 1.19. The lowest BCUT2D eigenvalue weighted by Gasteiger charge is -2.39. The minimum Gasteiger partial charge on any atom is -0.381 e. The molecule has 616 valence electrons. The van der Waals surface area contributed by atoms with Gasteiger partial charge < -0.3 is 60.6 Å². The molecular weight excluding hydrogens is 1700 g/mol. The highest BCUT2D eigenvalue weighted by molar-refractivity contribution is 8.14. The van der Waals surface area contributed by atoms with Gasteiger partial charge in [-0.1, -0.05) is 99.6 Å². The third-order valence-electron chi connectivity index (χ3n) is 14.8. The Labute approximate surface area is 698 Å². The molecule has 45 nitrogen and oxygen atoms in total. The quantitative estimate of drug-likeness (QED) is 0.0120. The highest BCUT2D eigenvalue weighted by Crippen LogP contribution is 2.25. The Morgan fingerprint density at radius 3 is 1.70 bits per heavy atom. The van der Waals surface area contributed by atoms with Crippen molar-refractivity contribution < 1.29 is 34.6 Å². The van der Waals surface area contributed by atoms with Crippen molar-refractivity contribution in [1.82, 2.24) is 101 Å². The summed E-state index contributed by atoms with van der Waals surface area (Å²) in [6.45, 7) is 11.2. The average molecular weight is 1780 g/mol. The van der Waals surface area contributed by atoms with E-state index in [0.29, 0.717) is 132 Å². The van der Waals surface area contributed by atoms with Crippen LogP contribution in [0.25, 0.3) is 0 Å². The number of thiazole rings is 3. The third-order valence-corrected chi connectivity index (χ3v) is 19.8. The second-order valence-corrected chi connectivity index (χ2v) is 30.6. The molecule has 6 N–H and O–H groups in total. The number of halogens is 6. The highest BCUT2D eigenvalue weighted by atomic mass is 35.5. The maximum Gasteiger partial charge on any atom is 0.276 e. The molecule has 0 spiro atoms. The molecule has 5 aliphatic rings. The van der Waals surface area contributed by atoms with Gasteiger partial charge in [0.25, 0.3) is 23.8 Å². The number of hydrazine groups is 1. The summed E-state index contributed by atoms with van der Waals surface area (Å²) in [5.74, 6) is 2.96. The zero-order valence-corrected chi connectivity index (χ0v) is 69.5. The van der Waals surface area contributed by atoms with Gasteiger partial charge in [-0.25, -0.2) is 90.3 Å². The lowest BCUT2D eigenvalue weighted by atomic mass is 10.1. The zero-order chi connectivity index (χ0) is 83.7. The van der Waals surface area contributed by atoms with Crippen LogP contribution in [0.1, 0.15) is 44.7 Å². The number of hydrogen-bond acceptors (Lipinski definition) is 29. The van der Waals surface area contributed by atoms with E-state index in [2.05, 4.69) is 97.2 Å². The van der Waals surface area contributed by atoms with Crippen LogP contribution >= 0.6 is 115 Å². The Hall–Kier alpha value is -9.97. The fourth-order valence-corrected chi connectivity index (χ4v) is 13.9. The van der Waals surface area contributed by atoms with E-state index < -0.39 is 31.5 Å². The number of nitro groups is 5. The molecule has 2 unspecified atom stereocenters. The Balaban J connectivity index is 0.000000238. The monoisotopic (exact) mass is 1780 g/mol. The predicted octanol–water partition coefficient (Wildman–Crippen LogP) is 6.39. The SMILES string of the molecule is CC(=NC#N)N(C)Cc1ccc(Cl)nc1.CN/C(=N\[N+](=O)[O-])NCC1CCOC1.CN/C(=N\[N+](=O)[O-])NCc1cnc(Cl)s1.CN1CN(C)/C(=N\[N+](=O)[O-])N(Cc2cnc(Cl)s2)C1.CN1COCN(Cc2cnc(Cl)s2)C1N[N+](=O)[O-].N#CN=C1SCCN1Cc1ccc(Cl)nc1.O=[N+]([O-])/N=C1\NCCN1Cc1ccc(Cl)nc1. The van der Waals surface area contributed by atoms with Gasteiger partial charge in [-0.2, -0.15) is 15.5 Å². The highest BCUT2D eigenvalue weighted by Gasteiger charge is 2.32. The van der Waals surface area contributed by atoms with Crippen LogP contribution in [-0.4, -0.2) is 250 Å². The molecule has 0 amide bonds. The fraction of sp³-hybridized carbons (Fsp3) is 0.458. The molecule has 5 fully saturated rings. The summed E-state index contributed by atoms with van der Waals surface area (Å²) in [5, 5.41) is 93.9. The number of thioether (sulfide) groups is 1. The van der Waals surface area contributed by atoms with Crippen molar-refractivity contribution in [3.8, 4) is 12.4 Å². The summed E-state index contributed by atoms with van der Waals surface area (Å²) in [5.41, 5.74) is 5.27. The molecule has 0 aliphatic carbocycles. The fourth-order valence-electron chi connectivity index (χ4n) is 9.73. The zero-order valence-electron chi connectivity index (χ0n) is 61.7. The Bertz CT molecular complexity index is 4330. The number of amidine groups is 2. The lowest BCUT2D eigenvalue weighted by molar-refractivity contribution is -0.565. The normalized spacial score (nSPS) is 17.4. The van der Waals surface area contributed by atoms with Gasteiger partial charge in [0.2, 0.25) is 12.4 Å². The summed E-state index contributed by atoms with van der Waals surface area (Å²) in [7, 11) is 10.4. The van der Waals surface area contributed by atoms with Crippen LogP contribution in [0.4, 0.5) is 0 Å². The van der Waals surface area contributed by atoms with Crippen molar-refractivity contribution in [2.24, 2.45) is 36.3 Å². The van der Waals surface area contributed by atoms with E-state index in [1.165, 1.54) is 41.1 Å². The van der Waals surface area contributed by atoms with Crippen LogP contribution in [0.5, 0.6) is 0 Å². The van der Waals surface area contributed by atoms with Crippen molar-refractivity contribution in [2.45, 2.75) is 58.9 Å². The number of hydrogen-bond donors (Lipinski definition) is 6. The number of hydrazone groups is 4. The van der Waals surface area contributed by atoms with Crippen LogP contribution in [-0.2, 0) is 48.7 Å². The van der Waals surface area contributed by atoms with E-state index in [9.17, 15) is 50.6 Å². The van der Waals surface area contributed by atoms with Gasteiger partial charge >= 0.3 is 0 Å². The Morgan fingerprint density at radius 1 is 0.658 bits per heavy atom. The number of rotatable bonds is 20. The van der Waals surface area contributed by atoms with Crippen molar-refractivity contribution in [2.75, 3.05) is 114 Å². The van der Waals surface area contributed by atoms with E-state index in [1.807, 2.05) is 53.2 Å². The summed E-state index contributed by atoms with van der Waals surface area (Å²) in [4.78, 5) is 100. The van der Waals surface area contributed by atoms with Gasteiger partial charge in [0.1, 0.15) is 55.2 Å². The van der Waals surface area contributed by atoms with Crippen LogP contribution in [0.3, 0.4) is 0 Å². The molecule has 114 heavy (non-hydrogen) atoms. The van der Waals surface area contributed by atoms with Gasteiger partial charge in [0, 0.05) is 151 Å². The maximum absolute atomic E-state index is 10.6. The molecule has 2 atom stereocenters. The summed E-state index contributed by atoms with van der Waals surface area (Å²) in [6.07, 6.45) is 14.1. The first-order valence-electron chi connectivity index (χ1n) is 32.9. The summed E-state index contributed by atoms with van der Waals surface area (Å²) >= 11 is 39.8. The van der Waals surface area contributed by atoms with E-state index >= 15 is 0 Å². The van der Waals surface area contributed by atoms with Crippen LogP contribution in [0, 0.1) is 79.4 Å². The minimum atomic E-state index is -0.779. The van der Waals surface area contributed by atoms with Crippen LogP contribution in [0.15, 0.2) is 104 Å². The Morgan fingerprint density at radius 2 is 1.21 bits per heavy atom. The lowest BCUT2D eigenvalue weighted by Crippen LogP contribution is -2.60. The number of nitrogens with one attached hydrogen (secondary N) is 6. The van der Waals surface area contributed by atoms with Crippen molar-refractivity contribution in [3.63, 3.8) is 0 Å². The molecule has 0 bridgehead atoms. The number of aliphatic imine (C=N–C) groups is 2. The molecule has 0 radical (unpaired) electrons. The molecule has 11 heterocycles. The minimum absolute atomic E-state index is 0.0875. The van der Waals surface area contributed by atoms with E-state index in [1.54, 1.807) is 121 Å². The molecule has 0 aromatic carbocycles. The third kappa shape index (κ3) is 36.9. The van der Waals surface area contributed by atoms with E-state index in [-0.39, 0.29) is 17.9 Å². The number of pyridine rings is 3. The molecule has 6 aromatic rings. The number of aromatic nitrogens is 6. The molecule has 5 aliphatic heterocycles. The predicted molar refractivity (Wildman–Crippen MR) is 432 cm³/mol. The standard InChI is InChI=1S/C10H9ClN4S.C10H11ClN4.C9H13ClN6O2S.C9H10ClN5O2.C8H12ClN5O3S.C7H14N4O3.C6H8ClN5O2S/c11-9-2-1-8(5-13-9)6-15-3-4-16-10(15)14-7-12;1-8(14-7-12)15(2)6-9-3-4-10(11)13-5-9;1-13-5-14(2)9(12-16(17)18)15(6-13)4-7-3-11-8(10)19-7;10-8-2-1-7(5-12-8)6-14-4-3-11-9(14)13-15(16)17;1-12-4-17-5-13(8(12)11-14(15)16)3-6-2-10-7(9)18-6;1-8-7(10-11(12)13)9-4-6-2-3-14-5-6;1-8-6(11-12(13)14)10-3-4-2-9-5(7)15-4/h1-2,5H,3-4,6H2;3-5H,6H2,1-2H3;3H,4-6H2,1-2H3;1-2,5H,3-4,6H2,(H,11,13);2,8,11H,3-5H2,1H3;6H,2-5H2,1H3,(H2,8,9,10);2H,3H2,1H3,(H2,8,10,11)/b;;12-9+;;;;. The number of ether oxygens (including phenoxy) is 2. The van der Waals surface area contributed by atoms with E-state index in [4.69, 9.17) is 89.6 Å². The van der Waals surface area contributed by atoms with Crippen molar-refractivity contribution in [1.29, 1.82) is 10.5 Å². The van der Waals surface area contributed by atoms with Gasteiger partial charge in [0.05, 0.1) is 33.0 Å². The molecule has 6 aromatic heterocycles. The summed E-state index contributed by atoms with van der Waals surface area (Å²) < 4.78 is 11.8. The molecule has 11 rings (SSSR count). The first-order chi connectivity index (χ1) is 54.4. The van der Waals surface area contributed by atoms with Crippen LogP contribution in [0.2, 0.25) is 28.9 Å². The van der Waals surface area contributed by atoms with Gasteiger partial charge in [0.15, 0.2) is 50.0 Å². The molecule has 55 heteroatoms. The topological polar surface area (TPSA) is 531 Å². The second kappa shape index (κ2) is 51.0. The number of nitrogens with zero attached hydrogens (tertiary/aromatic N) is 27. The summed E-state index contributed by atoms with van der Waals surface area (Å²) in [6, 6.07) is 10.8. The molecule has 5 saturated heterocycles. The molecule has 0 saturated carbocycles. The molecular formula is C59H77Cl6N33O12S4. The van der Waals surface area contributed by atoms with Gasteiger partial charge in [-0.15, -0.1) is 44.4 Å². The number of guanidine groups is 4. The first-order valence-corrected chi connectivity index (χ1v) is 38.6. The van der Waals surface area contributed by atoms with Crippen LogP contribution < -0.4 is 32.0 Å². The number of nitriles is 2. The van der Waals surface area contributed by atoms with Crippen molar-refractivity contribution in [3.05, 3.63) is 184 Å². The van der Waals surface area contributed by atoms with E-state index in [0.717, 1.165) is 68.4 Å². The maximum atomic E-state index is 10.6. The van der Waals surface area contributed by atoms with Gasteiger partial charge in [-0.05, 0) is 62.3 Å².